The van der Waals surface area contributed by atoms with Crippen LogP contribution in [0.15, 0.2) is 46.9 Å². The number of primary amides is 1. The number of amides is 1. The average Bonchev–Trinajstić information content (AvgIpc) is 2.45. The third-order valence-corrected chi connectivity index (χ3v) is 4.43. The number of carbonyl (C=O) groups is 1. The summed E-state index contributed by atoms with van der Waals surface area (Å²) < 4.78 is 14.7. The Morgan fingerprint density at radius 2 is 1.83 bits per heavy atom. The van der Waals surface area contributed by atoms with Gasteiger partial charge >= 0.3 is 0 Å². The molecule has 2 nitrogen and oxygen atoms in total. The van der Waals surface area contributed by atoms with Gasteiger partial charge in [-0.1, -0.05) is 60.1 Å². The highest BCUT2D eigenvalue weighted by atomic mass is 79.9. The van der Waals surface area contributed by atoms with Gasteiger partial charge in [-0.15, -0.1) is 0 Å². The van der Waals surface area contributed by atoms with Crippen molar-refractivity contribution in [2.24, 2.45) is 11.1 Å². The van der Waals surface area contributed by atoms with E-state index in [0.717, 1.165) is 22.9 Å². The minimum Gasteiger partial charge on any atom is -0.370 e. The summed E-state index contributed by atoms with van der Waals surface area (Å²) in [5, 5.41) is 0. The maximum absolute atomic E-state index is 14.0. The molecule has 0 fully saturated rings. The summed E-state index contributed by atoms with van der Waals surface area (Å²) in [5.74, 6) is -0.509. The summed E-state index contributed by atoms with van der Waals surface area (Å²) >= 11 is 3.26. The van der Waals surface area contributed by atoms with Gasteiger partial charge in [-0.05, 0) is 41.5 Å². The van der Waals surface area contributed by atoms with E-state index in [4.69, 9.17) is 5.73 Å². The molecule has 0 saturated heterocycles. The molecule has 0 aliphatic heterocycles. The summed E-state index contributed by atoms with van der Waals surface area (Å²) in [6.07, 6.45) is 2.13. The lowest BCUT2D eigenvalue weighted by molar-refractivity contribution is -0.119. The highest BCUT2D eigenvalue weighted by molar-refractivity contribution is 9.10. The normalized spacial score (nSPS) is 11.5. The first-order valence-corrected chi connectivity index (χ1v) is 8.39. The fourth-order valence-corrected chi connectivity index (χ4v) is 2.95. The SMILES string of the molecule is CC(C)(CCc1ccc(-c2ccc(Br)cc2F)cc1)CC(N)=O. The Morgan fingerprint density at radius 1 is 1.17 bits per heavy atom. The van der Waals surface area contributed by atoms with Crippen molar-refractivity contribution in [2.45, 2.75) is 33.1 Å². The number of nitrogens with two attached hydrogens (primary N) is 1. The lowest BCUT2D eigenvalue weighted by Crippen LogP contribution is -2.23. The van der Waals surface area contributed by atoms with Crippen LogP contribution in [0.2, 0.25) is 0 Å². The smallest absolute Gasteiger partial charge is 0.217 e. The van der Waals surface area contributed by atoms with Gasteiger partial charge in [-0.3, -0.25) is 4.79 Å². The number of hydrogen-bond acceptors (Lipinski definition) is 1. The van der Waals surface area contributed by atoms with Crippen LogP contribution in [0, 0.1) is 11.2 Å². The highest BCUT2D eigenvalue weighted by Crippen LogP contribution is 2.29. The molecule has 2 aromatic rings. The Kier molecular flexibility index (Phi) is 5.58. The molecule has 1 amide bonds. The fourth-order valence-electron chi connectivity index (χ4n) is 2.62. The summed E-state index contributed by atoms with van der Waals surface area (Å²) in [6.45, 7) is 4.09. The lowest BCUT2D eigenvalue weighted by Gasteiger charge is -2.22. The van der Waals surface area contributed by atoms with Crippen molar-refractivity contribution in [1.82, 2.24) is 0 Å². The largest absolute Gasteiger partial charge is 0.370 e. The van der Waals surface area contributed by atoms with E-state index in [9.17, 15) is 9.18 Å². The third-order valence-electron chi connectivity index (χ3n) is 3.94. The summed E-state index contributed by atoms with van der Waals surface area (Å²) in [7, 11) is 0. The summed E-state index contributed by atoms with van der Waals surface area (Å²) in [6, 6.07) is 13.0. The molecule has 2 rings (SSSR count). The van der Waals surface area contributed by atoms with Crippen LogP contribution in [0.3, 0.4) is 0 Å². The maximum atomic E-state index is 14.0. The van der Waals surface area contributed by atoms with Crippen LogP contribution in [0.25, 0.3) is 11.1 Å². The van der Waals surface area contributed by atoms with Crippen molar-refractivity contribution in [2.75, 3.05) is 0 Å². The van der Waals surface area contributed by atoms with Gasteiger partial charge < -0.3 is 5.73 Å². The van der Waals surface area contributed by atoms with Crippen LogP contribution in [0.5, 0.6) is 0 Å². The minimum absolute atomic E-state index is 0.109. The van der Waals surface area contributed by atoms with E-state index in [-0.39, 0.29) is 17.1 Å². The van der Waals surface area contributed by atoms with Gasteiger partial charge in [0.2, 0.25) is 5.91 Å². The van der Waals surface area contributed by atoms with Crippen LogP contribution in [-0.4, -0.2) is 5.91 Å². The first-order valence-electron chi connectivity index (χ1n) is 7.59. The van der Waals surface area contributed by atoms with E-state index in [1.165, 1.54) is 11.6 Å². The molecule has 0 aliphatic carbocycles. The predicted octanol–water partition coefficient (Wildman–Crippen LogP) is 5.09. The van der Waals surface area contributed by atoms with Gasteiger partial charge in [-0.2, -0.15) is 0 Å². The maximum Gasteiger partial charge on any atom is 0.217 e. The van der Waals surface area contributed by atoms with Gasteiger partial charge in [0.25, 0.3) is 0 Å². The van der Waals surface area contributed by atoms with Gasteiger partial charge in [0.1, 0.15) is 5.82 Å². The molecule has 23 heavy (non-hydrogen) atoms. The molecule has 2 N–H and O–H groups in total. The average molecular weight is 378 g/mol. The number of benzene rings is 2. The van der Waals surface area contributed by atoms with Crippen molar-refractivity contribution in [3.63, 3.8) is 0 Å². The van der Waals surface area contributed by atoms with Gasteiger partial charge in [0, 0.05) is 16.5 Å². The third kappa shape index (κ3) is 5.17. The molecule has 0 heterocycles. The van der Waals surface area contributed by atoms with E-state index < -0.39 is 0 Å². The first kappa shape index (κ1) is 17.7. The molecular weight excluding hydrogens is 357 g/mol. The zero-order chi connectivity index (χ0) is 17.0. The number of aryl methyl sites for hydroxylation is 1. The van der Waals surface area contributed by atoms with E-state index in [1.807, 2.05) is 44.2 Å². The lowest BCUT2D eigenvalue weighted by atomic mass is 9.83. The minimum atomic E-state index is -0.268. The van der Waals surface area contributed by atoms with Gasteiger partial charge in [-0.25, -0.2) is 4.39 Å². The van der Waals surface area contributed by atoms with E-state index >= 15 is 0 Å². The monoisotopic (exact) mass is 377 g/mol. The van der Waals surface area contributed by atoms with Crippen LogP contribution >= 0.6 is 15.9 Å². The standard InChI is InChI=1S/C19H21BrFNO/c1-19(2,12-18(22)23)10-9-13-3-5-14(6-4-13)16-8-7-15(20)11-17(16)21/h3-8,11H,9-10,12H2,1-2H3,(H2,22,23). The van der Waals surface area contributed by atoms with Crippen LogP contribution in [0.4, 0.5) is 4.39 Å². The molecule has 0 unspecified atom stereocenters. The number of carbonyl (C=O) groups excluding carboxylic acids is 1. The molecule has 4 heteroatoms. The fraction of sp³-hybridized carbons (Fsp3) is 0.316. The van der Waals surface area contributed by atoms with Gasteiger partial charge in [0.15, 0.2) is 0 Å². The van der Waals surface area contributed by atoms with E-state index in [0.29, 0.717) is 12.0 Å². The molecule has 0 aromatic heterocycles. The molecule has 0 radical (unpaired) electrons. The van der Waals surface area contributed by atoms with Crippen molar-refractivity contribution in [3.05, 3.63) is 58.3 Å². The Hall–Kier alpha value is -1.68. The molecule has 2 aromatic carbocycles. The van der Waals surface area contributed by atoms with Crippen molar-refractivity contribution >= 4 is 21.8 Å². The molecular formula is C19H21BrFNO. The Labute approximate surface area is 145 Å². The molecule has 122 valence electrons. The molecule has 0 aliphatic rings. The Bertz CT molecular complexity index is 695. The highest BCUT2D eigenvalue weighted by Gasteiger charge is 2.20. The number of rotatable bonds is 6. The number of halogens is 2. The van der Waals surface area contributed by atoms with E-state index in [2.05, 4.69) is 15.9 Å². The topological polar surface area (TPSA) is 43.1 Å². The zero-order valence-electron chi connectivity index (χ0n) is 13.4. The van der Waals surface area contributed by atoms with Crippen LogP contribution in [-0.2, 0) is 11.2 Å². The molecule has 0 atom stereocenters. The molecule has 0 spiro atoms. The van der Waals surface area contributed by atoms with Crippen molar-refractivity contribution in [1.29, 1.82) is 0 Å². The zero-order valence-corrected chi connectivity index (χ0v) is 15.0. The Balaban J connectivity index is 2.06. The quantitative estimate of drug-likeness (QED) is 0.748. The van der Waals surface area contributed by atoms with Crippen LogP contribution in [0.1, 0.15) is 32.3 Å². The van der Waals surface area contributed by atoms with Gasteiger partial charge in [0.05, 0.1) is 0 Å². The summed E-state index contributed by atoms with van der Waals surface area (Å²) in [4.78, 5) is 11.1. The second-order valence-corrected chi connectivity index (χ2v) is 7.54. The second-order valence-electron chi connectivity index (χ2n) is 6.63. The first-order chi connectivity index (χ1) is 10.8. The van der Waals surface area contributed by atoms with Crippen molar-refractivity contribution < 1.29 is 9.18 Å². The molecule has 0 bridgehead atoms. The van der Waals surface area contributed by atoms with Crippen molar-refractivity contribution in [3.8, 4) is 11.1 Å². The van der Waals surface area contributed by atoms with Crippen LogP contribution < -0.4 is 5.73 Å². The Morgan fingerprint density at radius 3 is 2.39 bits per heavy atom. The predicted molar refractivity (Wildman–Crippen MR) is 95.4 cm³/mol. The second kappa shape index (κ2) is 7.26. The summed E-state index contributed by atoms with van der Waals surface area (Å²) in [5.41, 5.74) is 7.79. The molecule has 0 saturated carbocycles. The van der Waals surface area contributed by atoms with E-state index in [1.54, 1.807) is 6.07 Å². The number of hydrogen-bond donors (Lipinski definition) is 1.